The first kappa shape index (κ1) is 10.1. The van der Waals surface area contributed by atoms with Crippen molar-refractivity contribution >= 4 is 11.3 Å². The van der Waals surface area contributed by atoms with E-state index in [4.69, 9.17) is 0 Å². The Hall–Kier alpha value is -0.410. The fourth-order valence-corrected chi connectivity index (χ4v) is 2.78. The largest absolute Gasteiger partial charge is 0.308 e. The zero-order chi connectivity index (χ0) is 9.80. The smallest absolute Gasteiger partial charge is 0.106 e. The topological polar surface area (TPSA) is 24.9 Å². The molecule has 1 saturated carbocycles. The van der Waals surface area contributed by atoms with Crippen LogP contribution in [-0.2, 0) is 6.54 Å². The van der Waals surface area contributed by atoms with Gasteiger partial charge in [-0.15, -0.1) is 11.3 Å². The first-order valence-electron chi connectivity index (χ1n) is 5.48. The number of thiazole rings is 1. The van der Waals surface area contributed by atoms with Crippen molar-refractivity contribution in [1.29, 1.82) is 0 Å². The van der Waals surface area contributed by atoms with Gasteiger partial charge in [0.15, 0.2) is 0 Å². The van der Waals surface area contributed by atoms with E-state index >= 15 is 0 Å². The number of aromatic nitrogens is 1. The Morgan fingerprint density at radius 2 is 2.36 bits per heavy atom. The van der Waals surface area contributed by atoms with E-state index in [1.165, 1.54) is 30.7 Å². The van der Waals surface area contributed by atoms with E-state index in [1.807, 2.05) is 11.6 Å². The van der Waals surface area contributed by atoms with Crippen molar-refractivity contribution in [3.8, 4) is 0 Å². The summed E-state index contributed by atoms with van der Waals surface area (Å²) in [4.78, 5) is 4.27. The minimum absolute atomic E-state index is 0.654. The van der Waals surface area contributed by atoms with Crippen molar-refractivity contribution in [2.75, 3.05) is 0 Å². The van der Waals surface area contributed by atoms with E-state index in [1.54, 1.807) is 11.3 Å². The van der Waals surface area contributed by atoms with E-state index < -0.39 is 0 Å². The van der Waals surface area contributed by atoms with Gasteiger partial charge in [0.1, 0.15) is 5.01 Å². The zero-order valence-corrected chi connectivity index (χ0v) is 9.52. The van der Waals surface area contributed by atoms with Crippen molar-refractivity contribution in [3.63, 3.8) is 0 Å². The van der Waals surface area contributed by atoms with Crippen LogP contribution in [0.5, 0.6) is 0 Å². The van der Waals surface area contributed by atoms with Gasteiger partial charge in [-0.05, 0) is 25.7 Å². The van der Waals surface area contributed by atoms with Gasteiger partial charge in [-0.3, -0.25) is 0 Å². The highest BCUT2D eigenvalue weighted by atomic mass is 32.1. The summed E-state index contributed by atoms with van der Waals surface area (Å²) in [5, 5.41) is 6.82. The maximum Gasteiger partial charge on any atom is 0.106 e. The molecule has 0 amide bonds. The van der Waals surface area contributed by atoms with Gasteiger partial charge in [-0.1, -0.05) is 12.8 Å². The summed E-state index contributed by atoms with van der Waals surface area (Å²) in [5.41, 5.74) is 0. The first-order chi connectivity index (χ1) is 6.86. The average Bonchev–Trinajstić information content (AvgIpc) is 2.87. The van der Waals surface area contributed by atoms with Crippen LogP contribution in [0.4, 0.5) is 0 Å². The van der Waals surface area contributed by atoms with Gasteiger partial charge < -0.3 is 5.32 Å². The number of rotatable bonds is 4. The molecule has 0 bridgehead atoms. The summed E-state index contributed by atoms with van der Waals surface area (Å²) >= 11 is 1.73. The van der Waals surface area contributed by atoms with E-state index in [2.05, 4.69) is 17.2 Å². The van der Waals surface area contributed by atoms with Gasteiger partial charge in [-0.2, -0.15) is 0 Å². The lowest BCUT2D eigenvalue weighted by atomic mass is 10.00. The van der Waals surface area contributed by atoms with E-state index in [-0.39, 0.29) is 0 Å². The van der Waals surface area contributed by atoms with Crippen LogP contribution < -0.4 is 5.32 Å². The molecule has 3 heteroatoms. The monoisotopic (exact) mass is 210 g/mol. The maximum absolute atomic E-state index is 4.27. The summed E-state index contributed by atoms with van der Waals surface area (Å²) in [6.07, 6.45) is 7.54. The van der Waals surface area contributed by atoms with E-state index in [0.29, 0.717) is 6.04 Å². The summed E-state index contributed by atoms with van der Waals surface area (Å²) in [7, 11) is 0. The molecule has 0 radical (unpaired) electrons. The van der Waals surface area contributed by atoms with Crippen molar-refractivity contribution in [1.82, 2.24) is 10.3 Å². The molecule has 0 saturated heterocycles. The van der Waals surface area contributed by atoms with Crippen LogP contribution >= 0.6 is 11.3 Å². The van der Waals surface area contributed by atoms with Crippen molar-refractivity contribution < 1.29 is 0 Å². The van der Waals surface area contributed by atoms with Crippen LogP contribution in [0.25, 0.3) is 0 Å². The quantitative estimate of drug-likeness (QED) is 0.826. The van der Waals surface area contributed by atoms with Gasteiger partial charge in [0, 0.05) is 24.2 Å². The van der Waals surface area contributed by atoms with Crippen molar-refractivity contribution in [3.05, 3.63) is 16.6 Å². The number of hydrogen-bond acceptors (Lipinski definition) is 3. The second kappa shape index (κ2) is 4.89. The second-order valence-electron chi connectivity index (χ2n) is 4.14. The Labute approximate surface area is 89.8 Å². The minimum Gasteiger partial charge on any atom is -0.308 e. The Morgan fingerprint density at radius 1 is 1.57 bits per heavy atom. The van der Waals surface area contributed by atoms with E-state index in [0.717, 1.165) is 12.5 Å². The maximum atomic E-state index is 4.27. The molecule has 1 fully saturated rings. The lowest BCUT2D eigenvalue weighted by Crippen LogP contribution is -2.31. The zero-order valence-electron chi connectivity index (χ0n) is 8.70. The molecule has 1 atom stereocenters. The predicted molar refractivity (Wildman–Crippen MR) is 60.4 cm³/mol. The summed E-state index contributed by atoms with van der Waals surface area (Å²) in [5.74, 6) is 0.898. The third-order valence-electron chi connectivity index (χ3n) is 3.17. The standard InChI is InChI=1S/C11H18N2S/c1-9(10-4-2-3-5-10)13-8-11-12-6-7-14-11/h6-7,9-10,13H,2-5,8H2,1H3/t9-/m1/s1. The molecule has 1 aliphatic rings. The molecule has 1 N–H and O–H groups in total. The fraction of sp³-hybridized carbons (Fsp3) is 0.727. The summed E-state index contributed by atoms with van der Waals surface area (Å²) in [6, 6.07) is 0.654. The first-order valence-corrected chi connectivity index (χ1v) is 6.36. The highest BCUT2D eigenvalue weighted by molar-refractivity contribution is 7.09. The molecule has 78 valence electrons. The summed E-state index contributed by atoms with van der Waals surface area (Å²) in [6.45, 7) is 3.25. The molecule has 1 aromatic rings. The molecule has 1 heterocycles. The molecular formula is C11H18N2S. The lowest BCUT2D eigenvalue weighted by molar-refractivity contribution is 0.380. The van der Waals surface area contributed by atoms with Gasteiger partial charge in [0.05, 0.1) is 0 Å². The molecule has 14 heavy (non-hydrogen) atoms. The number of nitrogens with zero attached hydrogens (tertiary/aromatic N) is 1. The van der Waals surface area contributed by atoms with Gasteiger partial charge in [0.2, 0.25) is 0 Å². The normalized spacial score (nSPS) is 20.1. The van der Waals surface area contributed by atoms with E-state index in [9.17, 15) is 0 Å². The van der Waals surface area contributed by atoms with Crippen molar-refractivity contribution in [2.45, 2.75) is 45.2 Å². The fourth-order valence-electron chi connectivity index (χ4n) is 2.21. The van der Waals surface area contributed by atoms with Gasteiger partial charge >= 0.3 is 0 Å². The van der Waals surface area contributed by atoms with Gasteiger partial charge in [-0.25, -0.2) is 4.98 Å². The summed E-state index contributed by atoms with van der Waals surface area (Å²) < 4.78 is 0. The number of nitrogens with one attached hydrogen (secondary N) is 1. The third-order valence-corrected chi connectivity index (χ3v) is 3.95. The lowest BCUT2D eigenvalue weighted by Gasteiger charge is -2.19. The molecular weight excluding hydrogens is 192 g/mol. The van der Waals surface area contributed by atoms with Crippen LogP contribution in [0.1, 0.15) is 37.6 Å². The molecule has 0 aliphatic heterocycles. The molecule has 1 aliphatic carbocycles. The Morgan fingerprint density at radius 3 is 3.00 bits per heavy atom. The Balaban J connectivity index is 1.74. The highest BCUT2D eigenvalue weighted by Crippen LogP contribution is 2.27. The SMILES string of the molecule is C[C@@H](NCc1nccs1)C1CCCC1. The van der Waals surface area contributed by atoms with Crippen LogP contribution in [0.15, 0.2) is 11.6 Å². The Kier molecular flexibility index (Phi) is 3.54. The highest BCUT2D eigenvalue weighted by Gasteiger charge is 2.20. The molecule has 0 unspecified atom stereocenters. The second-order valence-corrected chi connectivity index (χ2v) is 5.12. The molecule has 0 aromatic carbocycles. The average molecular weight is 210 g/mol. The molecule has 2 nitrogen and oxygen atoms in total. The van der Waals surface area contributed by atoms with Crippen LogP contribution in [0, 0.1) is 5.92 Å². The van der Waals surface area contributed by atoms with Crippen LogP contribution in [0.2, 0.25) is 0 Å². The van der Waals surface area contributed by atoms with Gasteiger partial charge in [0.25, 0.3) is 0 Å². The third kappa shape index (κ3) is 2.55. The minimum atomic E-state index is 0.654. The Bertz CT molecular complexity index is 252. The van der Waals surface area contributed by atoms with Crippen LogP contribution in [0.3, 0.4) is 0 Å². The molecule has 0 spiro atoms. The predicted octanol–water partition coefficient (Wildman–Crippen LogP) is 2.81. The number of hydrogen-bond donors (Lipinski definition) is 1. The van der Waals surface area contributed by atoms with Crippen LogP contribution in [-0.4, -0.2) is 11.0 Å². The van der Waals surface area contributed by atoms with Crippen molar-refractivity contribution in [2.24, 2.45) is 5.92 Å². The molecule has 1 aromatic heterocycles. The molecule has 2 rings (SSSR count).